The molecular formula is C11H8BrFN4O3. The maximum atomic E-state index is 12.7. The summed E-state index contributed by atoms with van der Waals surface area (Å²) in [7, 11) is 0. The quantitative estimate of drug-likeness (QED) is 0.656. The van der Waals surface area contributed by atoms with Crippen LogP contribution in [0, 0.1) is 15.9 Å². The number of rotatable bonds is 4. The minimum atomic E-state index is -0.687. The van der Waals surface area contributed by atoms with Gasteiger partial charge in [-0.3, -0.25) is 4.79 Å². The third-order valence-corrected chi connectivity index (χ3v) is 3.20. The van der Waals surface area contributed by atoms with Crippen molar-refractivity contribution in [2.75, 3.05) is 0 Å². The predicted molar refractivity (Wildman–Crippen MR) is 70.5 cm³/mol. The van der Waals surface area contributed by atoms with E-state index in [1.165, 1.54) is 24.3 Å². The minimum absolute atomic E-state index is 0.0147. The SMILES string of the molecule is O=C(NCc1ccc(F)cc1)c1n[nH]c([N+](=O)[O-])c1Br. The maximum Gasteiger partial charge on any atom is 0.357 e. The predicted octanol–water partition coefficient (Wildman–Crippen LogP) is 2.15. The summed E-state index contributed by atoms with van der Waals surface area (Å²) in [6.45, 7) is 0.159. The standard InChI is InChI=1S/C11H8BrFN4O3/c12-8-9(15-16-10(8)17(19)20)11(18)14-5-6-1-3-7(13)4-2-6/h1-4H,5H2,(H,14,18)(H,15,16). The molecule has 0 aliphatic rings. The Kier molecular flexibility index (Phi) is 4.08. The normalized spacial score (nSPS) is 10.3. The van der Waals surface area contributed by atoms with Crippen LogP contribution in [0.2, 0.25) is 0 Å². The molecule has 0 saturated heterocycles. The van der Waals surface area contributed by atoms with Gasteiger partial charge in [-0.25, -0.2) is 4.39 Å². The number of carbonyl (C=O) groups is 1. The molecule has 104 valence electrons. The molecule has 0 fully saturated rings. The summed E-state index contributed by atoms with van der Waals surface area (Å²) in [5.41, 5.74) is 0.583. The summed E-state index contributed by atoms with van der Waals surface area (Å²) in [5, 5.41) is 18.9. The lowest BCUT2D eigenvalue weighted by Gasteiger charge is -2.03. The van der Waals surface area contributed by atoms with Gasteiger partial charge < -0.3 is 15.4 Å². The van der Waals surface area contributed by atoms with Crippen LogP contribution in [-0.4, -0.2) is 21.0 Å². The van der Waals surface area contributed by atoms with Crippen molar-refractivity contribution in [1.29, 1.82) is 0 Å². The van der Waals surface area contributed by atoms with Gasteiger partial charge in [0.05, 0.1) is 0 Å². The summed E-state index contributed by atoms with van der Waals surface area (Å²) in [6.07, 6.45) is 0. The molecule has 7 nitrogen and oxygen atoms in total. The largest absolute Gasteiger partial charge is 0.358 e. The molecule has 0 unspecified atom stereocenters. The second-order valence-corrected chi connectivity index (χ2v) is 4.59. The fourth-order valence-electron chi connectivity index (χ4n) is 1.46. The summed E-state index contributed by atoms with van der Waals surface area (Å²) in [4.78, 5) is 21.7. The van der Waals surface area contributed by atoms with Crippen LogP contribution < -0.4 is 5.32 Å². The summed E-state index contributed by atoms with van der Waals surface area (Å²) >= 11 is 2.94. The molecule has 2 N–H and O–H groups in total. The number of aromatic amines is 1. The van der Waals surface area contributed by atoms with Crippen molar-refractivity contribution in [3.8, 4) is 0 Å². The Labute approximate surface area is 120 Å². The number of hydrogen-bond donors (Lipinski definition) is 2. The zero-order valence-corrected chi connectivity index (χ0v) is 11.5. The Morgan fingerprint density at radius 3 is 2.65 bits per heavy atom. The van der Waals surface area contributed by atoms with Crippen LogP contribution in [0.3, 0.4) is 0 Å². The highest BCUT2D eigenvalue weighted by atomic mass is 79.9. The Bertz CT molecular complexity index is 656. The molecule has 0 atom stereocenters. The maximum absolute atomic E-state index is 12.7. The van der Waals surface area contributed by atoms with Gasteiger partial charge in [-0.05, 0) is 38.5 Å². The van der Waals surface area contributed by atoms with E-state index in [0.717, 1.165) is 0 Å². The third-order valence-electron chi connectivity index (χ3n) is 2.45. The van der Waals surface area contributed by atoms with E-state index >= 15 is 0 Å². The number of nitrogens with one attached hydrogen (secondary N) is 2. The highest BCUT2D eigenvalue weighted by molar-refractivity contribution is 9.10. The van der Waals surface area contributed by atoms with E-state index in [9.17, 15) is 19.3 Å². The number of hydrogen-bond acceptors (Lipinski definition) is 4. The zero-order chi connectivity index (χ0) is 14.7. The van der Waals surface area contributed by atoms with Crippen molar-refractivity contribution in [3.05, 3.63) is 55.9 Å². The number of carbonyl (C=O) groups excluding carboxylic acids is 1. The topological polar surface area (TPSA) is 101 Å². The monoisotopic (exact) mass is 342 g/mol. The van der Waals surface area contributed by atoms with Gasteiger partial charge in [0, 0.05) is 6.54 Å². The molecule has 0 saturated carbocycles. The van der Waals surface area contributed by atoms with Crippen LogP contribution in [0.15, 0.2) is 28.7 Å². The lowest BCUT2D eigenvalue weighted by Crippen LogP contribution is -2.23. The van der Waals surface area contributed by atoms with Crippen molar-refractivity contribution in [2.45, 2.75) is 6.54 Å². The number of aromatic nitrogens is 2. The molecule has 1 aromatic carbocycles. The average Bonchev–Trinajstić information content (AvgIpc) is 2.80. The average molecular weight is 343 g/mol. The molecule has 9 heteroatoms. The van der Waals surface area contributed by atoms with Gasteiger partial charge in [-0.2, -0.15) is 0 Å². The molecule has 1 heterocycles. The molecule has 0 bridgehead atoms. The second kappa shape index (κ2) is 5.78. The third kappa shape index (κ3) is 2.99. The lowest BCUT2D eigenvalue weighted by atomic mass is 10.2. The van der Waals surface area contributed by atoms with E-state index in [0.29, 0.717) is 5.56 Å². The van der Waals surface area contributed by atoms with Crippen molar-refractivity contribution in [1.82, 2.24) is 15.5 Å². The van der Waals surface area contributed by atoms with Gasteiger partial charge in [0.1, 0.15) is 10.3 Å². The van der Waals surface area contributed by atoms with E-state index in [1.807, 2.05) is 0 Å². The van der Waals surface area contributed by atoms with Crippen molar-refractivity contribution >= 4 is 27.7 Å². The van der Waals surface area contributed by atoms with Crippen LogP contribution in [0.1, 0.15) is 16.1 Å². The molecule has 0 radical (unpaired) electrons. The highest BCUT2D eigenvalue weighted by Crippen LogP contribution is 2.25. The molecule has 0 aliphatic carbocycles. The number of amides is 1. The van der Waals surface area contributed by atoms with Gasteiger partial charge in [0.15, 0.2) is 5.69 Å². The number of nitrogens with zero attached hydrogens (tertiary/aromatic N) is 2. The van der Waals surface area contributed by atoms with Crippen LogP contribution >= 0.6 is 15.9 Å². The summed E-state index contributed by atoms with van der Waals surface area (Å²) < 4.78 is 12.7. The van der Waals surface area contributed by atoms with Crippen LogP contribution in [0.25, 0.3) is 0 Å². The van der Waals surface area contributed by atoms with E-state index in [-0.39, 0.29) is 22.5 Å². The van der Waals surface area contributed by atoms with Crippen molar-refractivity contribution < 1.29 is 14.1 Å². The summed E-state index contributed by atoms with van der Waals surface area (Å²) in [5.74, 6) is -1.34. The molecule has 20 heavy (non-hydrogen) atoms. The molecule has 2 aromatic rings. The first-order valence-corrected chi connectivity index (χ1v) is 6.19. The van der Waals surface area contributed by atoms with E-state index in [2.05, 4.69) is 31.4 Å². The molecule has 0 spiro atoms. The lowest BCUT2D eigenvalue weighted by molar-refractivity contribution is -0.390. The zero-order valence-electron chi connectivity index (χ0n) is 9.89. The first kappa shape index (κ1) is 14.1. The fourth-order valence-corrected chi connectivity index (χ4v) is 1.96. The number of halogens is 2. The Balaban J connectivity index is 2.05. The highest BCUT2D eigenvalue weighted by Gasteiger charge is 2.24. The minimum Gasteiger partial charge on any atom is -0.358 e. The summed E-state index contributed by atoms with van der Waals surface area (Å²) in [6, 6.07) is 5.60. The molecule has 2 rings (SSSR count). The second-order valence-electron chi connectivity index (χ2n) is 3.80. The Hall–Kier alpha value is -2.29. The van der Waals surface area contributed by atoms with E-state index in [1.54, 1.807) is 0 Å². The van der Waals surface area contributed by atoms with Gasteiger partial charge in [0.2, 0.25) is 0 Å². The first-order valence-electron chi connectivity index (χ1n) is 5.40. The van der Waals surface area contributed by atoms with Gasteiger partial charge in [0.25, 0.3) is 5.91 Å². The van der Waals surface area contributed by atoms with Crippen molar-refractivity contribution in [3.63, 3.8) is 0 Å². The van der Waals surface area contributed by atoms with Crippen molar-refractivity contribution in [2.24, 2.45) is 0 Å². The van der Waals surface area contributed by atoms with Gasteiger partial charge >= 0.3 is 5.82 Å². The van der Waals surface area contributed by atoms with Crippen LogP contribution in [0.4, 0.5) is 10.2 Å². The van der Waals surface area contributed by atoms with Crippen LogP contribution in [0.5, 0.6) is 0 Å². The Morgan fingerprint density at radius 1 is 1.45 bits per heavy atom. The molecular weight excluding hydrogens is 335 g/mol. The smallest absolute Gasteiger partial charge is 0.357 e. The molecule has 1 aromatic heterocycles. The molecule has 0 aliphatic heterocycles. The van der Waals surface area contributed by atoms with E-state index in [4.69, 9.17) is 0 Å². The first-order chi connectivity index (χ1) is 9.49. The Morgan fingerprint density at radius 2 is 2.10 bits per heavy atom. The number of H-pyrrole nitrogens is 1. The van der Waals surface area contributed by atoms with E-state index < -0.39 is 16.6 Å². The van der Waals surface area contributed by atoms with Crippen LogP contribution in [-0.2, 0) is 6.54 Å². The van der Waals surface area contributed by atoms with Gasteiger partial charge in [-0.15, -0.1) is 5.10 Å². The molecule has 1 amide bonds. The number of benzene rings is 1. The number of nitro groups is 1. The fraction of sp³-hybridized carbons (Fsp3) is 0.0909. The van der Waals surface area contributed by atoms with Gasteiger partial charge in [-0.1, -0.05) is 17.2 Å².